The quantitative estimate of drug-likeness (QED) is 0.425. The van der Waals surface area contributed by atoms with Crippen molar-refractivity contribution in [3.05, 3.63) is 36.1 Å². The van der Waals surface area contributed by atoms with E-state index in [0.717, 1.165) is 0 Å². The first-order chi connectivity index (χ1) is 12.1. The number of carbonyl (C=O) groups is 1. The second-order valence-electron chi connectivity index (χ2n) is 5.59. The number of hydrogen-bond donors (Lipinski definition) is 5. The SMILES string of the molecule is CC.CC(=O)NC1=CC(C)(O)C([As](=O)(O)O)CC1.NCc1ncccn1. The van der Waals surface area contributed by atoms with Gasteiger partial charge < -0.3 is 5.73 Å². The molecule has 1 aromatic heterocycles. The molecule has 1 aromatic rings. The molecule has 148 valence electrons. The van der Waals surface area contributed by atoms with Gasteiger partial charge in [0.15, 0.2) is 0 Å². The summed E-state index contributed by atoms with van der Waals surface area (Å²) >= 11 is -4.96. The Morgan fingerprint density at radius 1 is 1.38 bits per heavy atom. The molecule has 0 spiro atoms. The Hall–Kier alpha value is -1.51. The van der Waals surface area contributed by atoms with E-state index in [4.69, 9.17) is 13.9 Å². The number of aromatic nitrogens is 2. The third kappa shape index (κ3) is 8.73. The second kappa shape index (κ2) is 11.3. The van der Waals surface area contributed by atoms with E-state index in [-0.39, 0.29) is 12.3 Å². The summed E-state index contributed by atoms with van der Waals surface area (Å²) in [6.07, 6.45) is 5.20. The van der Waals surface area contributed by atoms with Crippen LogP contribution in [0.2, 0.25) is 4.71 Å². The molecule has 0 bridgehead atoms. The average Bonchev–Trinajstić information content (AvgIpc) is 2.55. The molecular formula is C16H29AsN4O5. The number of amides is 1. The van der Waals surface area contributed by atoms with Gasteiger partial charge in [0.25, 0.3) is 0 Å². The van der Waals surface area contributed by atoms with E-state index in [2.05, 4.69) is 15.3 Å². The van der Waals surface area contributed by atoms with Crippen LogP contribution in [-0.4, -0.2) is 48.9 Å². The minimum absolute atomic E-state index is 0.169. The molecule has 0 saturated heterocycles. The third-order valence-electron chi connectivity index (χ3n) is 3.37. The first-order valence-electron chi connectivity index (χ1n) is 8.29. The van der Waals surface area contributed by atoms with Gasteiger partial charge in [-0.3, -0.25) is 0 Å². The molecule has 9 nitrogen and oxygen atoms in total. The van der Waals surface area contributed by atoms with E-state index in [0.29, 0.717) is 24.5 Å². The van der Waals surface area contributed by atoms with Gasteiger partial charge >= 0.3 is 96.0 Å². The second-order valence-corrected chi connectivity index (χ2v) is 9.37. The summed E-state index contributed by atoms with van der Waals surface area (Å²) in [7, 11) is 0. The molecule has 1 aliphatic rings. The van der Waals surface area contributed by atoms with Crippen LogP contribution < -0.4 is 11.1 Å². The maximum atomic E-state index is 11.2. The molecule has 2 rings (SSSR count). The van der Waals surface area contributed by atoms with Gasteiger partial charge in [0.1, 0.15) is 5.82 Å². The predicted octanol–water partition coefficient (Wildman–Crippen LogP) is 0.237. The van der Waals surface area contributed by atoms with E-state index in [1.54, 1.807) is 18.5 Å². The van der Waals surface area contributed by atoms with Crippen molar-refractivity contribution < 1.29 is 21.8 Å². The summed E-state index contributed by atoms with van der Waals surface area (Å²) < 4.78 is 28.4. The molecule has 2 atom stereocenters. The van der Waals surface area contributed by atoms with Gasteiger partial charge in [0.2, 0.25) is 0 Å². The number of nitrogens with zero attached hydrogens (tertiary/aromatic N) is 2. The molecule has 0 saturated carbocycles. The summed E-state index contributed by atoms with van der Waals surface area (Å²) in [5.74, 6) is 0.425. The van der Waals surface area contributed by atoms with Gasteiger partial charge in [-0.05, 0) is 6.07 Å². The van der Waals surface area contributed by atoms with Crippen molar-refractivity contribution in [1.29, 1.82) is 0 Å². The number of rotatable bonds is 3. The topological polar surface area (TPSA) is 159 Å². The Kier molecular flexibility index (Phi) is 10.6. The minimum Gasteiger partial charge on any atom is -0.324 e. The van der Waals surface area contributed by atoms with E-state index in [1.165, 1.54) is 19.9 Å². The van der Waals surface area contributed by atoms with E-state index in [9.17, 15) is 13.6 Å². The van der Waals surface area contributed by atoms with Gasteiger partial charge in [-0.1, -0.05) is 13.8 Å². The molecular weight excluding hydrogens is 403 g/mol. The van der Waals surface area contributed by atoms with E-state index < -0.39 is 24.5 Å². The summed E-state index contributed by atoms with van der Waals surface area (Å²) in [6.45, 7) is 7.11. The fourth-order valence-electron chi connectivity index (χ4n) is 2.37. The largest absolute Gasteiger partial charge is 0.324 e. The molecule has 10 heteroatoms. The molecule has 0 aromatic carbocycles. The van der Waals surface area contributed by atoms with Crippen LogP contribution in [0.4, 0.5) is 0 Å². The Balaban J connectivity index is 0.000000522. The molecule has 26 heavy (non-hydrogen) atoms. The molecule has 2 unspecified atom stereocenters. The number of aliphatic hydroxyl groups is 1. The normalized spacial score (nSPS) is 22.0. The van der Waals surface area contributed by atoms with Crippen molar-refractivity contribution in [3.8, 4) is 0 Å². The summed E-state index contributed by atoms with van der Waals surface area (Å²) in [4.78, 5) is 18.5. The van der Waals surface area contributed by atoms with Crippen LogP contribution in [-0.2, 0) is 15.1 Å². The Bertz CT molecular complexity index is 631. The zero-order valence-electron chi connectivity index (χ0n) is 15.6. The monoisotopic (exact) mass is 432 g/mol. The predicted molar refractivity (Wildman–Crippen MR) is 97.7 cm³/mol. The van der Waals surface area contributed by atoms with Gasteiger partial charge in [-0.25, -0.2) is 9.97 Å². The number of carbonyl (C=O) groups excluding carboxylic acids is 1. The first kappa shape index (κ1) is 24.5. The fourth-order valence-corrected chi connectivity index (χ4v) is 4.94. The number of hydrogen-bond acceptors (Lipinski definition) is 6. The van der Waals surface area contributed by atoms with Crippen molar-refractivity contribution in [2.45, 2.75) is 57.4 Å². The van der Waals surface area contributed by atoms with Crippen LogP contribution in [0.5, 0.6) is 0 Å². The van der Waals surface area contributed by atoms with Gasteiger partial charge in [-0.2, -0.15) is 0 Å². The van der Waals surface area contributed by atoms with Gasteiger partial charge in [0, 0.05) is 12.4 Å². The summed E-state index contributed by atoms with van der Waals surface area (Å²) in [6, 6.07) is 1.76. The fraction of sp³-hybridized carbons (Fsp3) is 0.562. The van der Waals surface area contributed by atoms with Crippen LogP contribution in [0.25, 0.3) is 0 Å². The Morgan fingerprint density at radius 2 is 1.92 bits per heavy atom. The maximum absolute atomic E-state index is 11.2. The third-order valence-corrected chi connectivity index (χ3v) is 6.71. The Labute approximate surface area is 156 Å². The maximum Gasteiger partial charge on any atom is 0.141 e. The standard InChI is InChI=1S/C9H16AsNO5.C5H7N3.C2H6/c1-6(12)11-7-3-4-8(10(14,15)16)9(2,13)5-7;6-4-5-7-2-1-3-8-5;1-2/h5,8,13H,3-4H2,1-2H3,(H,11,12)(H2,14,15,16);1-3H,4,6H2;1-2H3. The van der Waals surface area contributed by atoms with E-state index in [1.807, 2.05) is 13.8 Å². The van der Waals surface area contributed by atoms with Crippen LogP contribution >= 0.6 is 0 Å². The van der Waals surface area contributed by atoms with Crippen molar-refractivity contribution in [2.24, 2.45) is 5.73 Å². The molecule has 1 amide bonds. The number of nitrogens with one attached hydrogen (secondary N) is 1. The van der Waals surface area contributed by atoms with Crippen molar-refractivity contribution in [2.75, 3.05) is 0 Å². The zero-order valence-corrected chi connectivity index (χ0v) is 17.5. The van der Waals surface area contributed by atoms with Crippen molar-refractivity contribution >= 4 is 20.1 Å². The molecule has 0 fully saturated rings. The Morgan fingerprint density at radius 3 is 2.27 bits per heavy atom. The van der Waals surface area contributed by atoms with Crippen molar-refractivity contribution in [3.63, 3.8) is 0 Å². The zero-order chi connectivity index (χ0) is 20.4. The molecule has 0 aliphatic heterocycles. The average molecular weight is 432 g/mol. The number of nitrogens with two attached hydrogens (primary N) is 1. The smallest absolute Gasteiger partial charge is 0.141 e. The molecule has 1 aliphatic carbocycles. The molecule has 0 radical (unpaired) electrons. The van der Waals surface area contributed by atoms with E-state index >= 15 is 0 Å². The van der Waals surface area contributed by atoms with Crippen LogP contribution in [0.15, 0.2) is 30.2 Å². The van der Waals surface area contributed by atoms with Gasteiger partial charge in [0.05, 0.1) is 6.54 Å². The minimum atomic E-state index is -4.96. The van der Waals surface area contributed by atoms with Crippen LogP contribution in [0.1, 0.15) is 46.4 Å². The van der Waals surface area contributed by atoms with Gasteiger partial charge in [-0.15, -0.1) is 0 Å². The first-order valence-corrected chi connectivity index (χ1v) is 11.8. The van der Waals surface area contributed by atoms with Crippen LogP contribution in [0.3, 0.4) is 0 Å². The summed E-state index contributed by atoms with van der Waals surface area (Å²) in [5.41, 5.74) is 4.16. The van der Waals surface area contributed by atoms with Crippen molar-refractivity contribution in [1.82, 2.24) is 15.3 Å². The number of allylic oxidation sites excluding steroid dienone is 1. The molecule has 6 N–H and O–H groups in total. The molecule has 1 heterocycles. The van der Waals surface area contributed by atoms with Crippen LogP contribution in [0, 0.1) is 0 Å². The summed E-state index contributed by atoms with van der Waals surface area (Å²) in [5, 5.41) is 12.5.